The summed E-state index contributed by atoms with van der Waals surface area (Å²) in [4.78, 5) is 29.0. The van der Waals surface area contributed by atoms with Crippen LogP contribution in [0.1, 0.15) is 47.3 Å². The number of hydrogen-bond donors (Lipinski definition) is 2. The van der Waals surface area contributed by atoms with Crippen LogP contribution in [0.3, 0.4) is 0 Å². The van der Waals surface area contributed by atoms with Crippen molar-refractivity contribution < 1.29 is 19.4 Å². The Hall–Kier alpha value is -3.35. The number of amides is 1. The highest BCUT2D eigenvalue weighted by molar-refractivity contribution is 6.06. The van der Waals surface area contributed by atoms with Gasteiger partial charge in [-0.2, -0.15) is 0 Å². The third kappa shape index (κ3) is 3.55. The molecule has 1 amide bonds. The molecule has 146 valence electrons. The number of aromatic nitrogens is 2. The molecule has 0 fully saturated rings. The molecule has 0 aliphatic rings. The fourth-order valence-corrected chi connectivity index (χ4v) is 3.11. The van der Waals surface area contributed by atoms with Crippen LogP contribution in [0.5, 0.6) is 5.75 Å². The van der Waals surface area contributed by atoms with Crippen molar-refractivity contribution in [3.63, 3.8) is 0 Å². The van der Waals surface area contributed by atoms with E-state index in [1.807, 2.05) is 26.8 Å². The van der Waals surface area contributed by atoms with Gasteiger partial charge in [0.05, 0.1) is 22.9 Å². The minimum atomic E-state index is -1.09. The molecule has 0 spiro atoms. The molecule has 0 radical (unpaired) electrons. The minimum Gasteiger partial charge on any atom is -0.488 e. The topological polar surface area (TPSA) is 93.4 Å². The van der Waals surface area contributed by atoms with E-state index in [4.69, 9.17) is 4.74 Å². The molecule has 0 aliphatic carbocycles. The van der Waals surface area contributed by atoms with Crippen LogP contribution in [0.4, 0.5) is 5.69 Å². The summed E-state index contributed by atoms with van der Waals surface area (Å²) in [6.07, 6.45) is 0.366. The third-order valence-electron chi connectivity index (χ3n) is 4.37. The largest absolute Gasteiger partial charge is 0.488 e. The zero-order valence-electron chi connectivity index (χ0n) is 16.3. The molecule has 0 atom stereocenters. The van der Waals surface area contributed by atoms with Crippen LogP contribution < -0.4 is 10.1 Å². The van der Waals surface area contributed by atoms with E-state index in [2.05, 4.69) is 10.3 Å². The number of fused-ring (bicyclic) bond motifs is 1. The Bertz CT molecular complexity index is 1040. The lowest BCUT2D eigenvalue weighted by molar-refractivity contribution is 0.0680. The summed E-state index contributed by atoms with van der Waals surface area (Å²) in [5, 5.41) is 13.1. The average molecular weight is 381 g/mol. The number of aryl methyl sites for hydroxylation is 2. The molecule has 2 heterocycles. The number of carboxylic acid groups (broad SMARTS) is 1. The molecular formula is C21H23N3O4. The van der Waals surface area contributed by atoms with E-state index in [1.165, 1.54) is 4.57 Å². The second-order valence-corrected chi connectivity index (χ2v) is 6.74. The lowest BCUT2D eigenvalue weighted by Crippen LogP contribution is -2.14. The number of hydrogen-bond acceptors (Lipinski definition) is 4. The second-order valence-electron chi connectivity index (χ2n) is 6.74. The highest BCUT2D eigenvalue weighted by Crippen LogP contribution is 2.35. The fourth-order valence-electron chi connectivity index (χ4n) is 3.11. The number of pyridine rings is 1. The van der Waals surface area contributed by atoms with Gasteiger partial charge in [0.25, 0.3) is 5.91 Å². The van der Waals surface area contributed by atoms with Crippen molar-refractivity contribution in [2.45, 2.75) is 33.3 Å². The number of ether oxygens (including phenoxy) is 1. The molecule has 28 heavy (non-hydrogen) atoms. The molecule has 0 bridgehead atoms. The molecule has 2 N–H and O–H groups in total. The minimum absolute atomic E-state index is 0.0322. The molecule has 7 heteroatoms. The first-order valence-electron chi connectivity index (χ1n) is 9.12. The number of aromatic carboxylic acids is 1. The average Bonchev–Trinajstić information content (AvgIpc) is 2.92. The summed E-state index contributed by atoms with van der Waals surface area (Å²) in [6, 6.07) is 10.6. The Balaban J connectivity index is 2.15. The van der Waals surface area contributed by atoms with Gasteiger partial charge in [-0.15, -0.1) is 0 Å². The fraction of sp³-hybridized carbons (Fsp3) is 0.286. The maximum atomic E-state index is 12.6. The van der Waals surface area contributed by atoms with E-state index >= 15 is 0 Å². The van der Waals surface area contributed by atoms with Crippen molar-refractivity contribution in [3.8, 4) is 5.75 Å². The van der Waals surface area contributed by atoms with E-state index in [-0.39, 0.29) is 23.5 Å². The van der Waals surface area contributed by atoms with E-state index in [0.29, 0.717) is 34.4 Å². The molecule has 0 saturated heterocycles. The van der Waals surface area contributed by atoms with E-state index in [1.54, 1.807) is 37.4 Å². The van der Waals surface area contributed by atoms with Gasteiger partial charge in [-0.1, -0.05) is 25.1 Å². The smallest absolute Gasteiger partial charge is 0.356 e. The first-order chi connectivity index (χ1) is 13.3. The van der Waals surface area contributed by atoms with Gasteiger partial charge in [0, 0.05) is 12.6 Å². The summed E-state index contributed by atoms with van der Waals surface area (Å²) in [5.41, 5.74) is 2.28. The maximum absolute atomic E-state index is 12.6. The Morgan fingerprint density at radius 1 is 1.25 bits per heavy atom. The van der Waals surface area contributed by atoms with Crippen LogP contribution in [-0.4, -0.2) is 32.6 Å². The number of carboxylic acids is 1. The van der Waals surface area contributed by atoms with Crippen molar-refractivity contribution in [2.75, 3.05) is 5.32 Å². The van der Waals surface area contributed by atoms with Crippen LogP contribution in [-0.2, 0) is 13.5 Å². The SMILES string of the molecule is CCc1nc2c(cc1NC(=O)c1ccccc1)c(OC(C)C)c(C(=O)O)n2C. The number of carbonyl (C=O) groups is 2. The molecule has 3 rings (SSSR count). The number of nitrogens with zero attached hydrogens (tertiary/aromatic N) is 2. The first kappa shape index (κ1) is 19.4. The summed E-state index contributed by atoms with van der Waals surface area (Å²) in [6.45, 7) is 5.59. The highest BCUT2D eigenvalue weighted by atomic mass is 16.5. The maximum Gasteiger partial charge on any atom is 0.356 e. The van der Waals surface area contributed by atoms with E-state index in [0.717, 1.165) is 0 Å². The van der Waals surface area contributed by atoms with Crippen LogP contribution in [0.2, 0.25) is 0 Å². The Kier molecular flexibility index (Phi) is 5.35. The van der Waals surface area contributed by atoms with Crippen molar-refractivity contribution in [2.24, 2.45) is 7.05 Å². The summed E-state index contributed by atoms with van der Waals surface area (Å²) in [7, 11) is 1.65. The van der Waals surface area contributed by atoms with Crippen molar-refractivity contribution in [3.05, 3.63) is 53.3 Å². The molecule has 3 aromatic rings. The molecule has 1 aromatic carbocycles. The zero-order chi connectivity index (χ0) is 20.4. The van der Waals surface area contributed by atoms with Crippen molar-refractivity contribution >= 4 is 28.6 Å². The molecule has 2 aromatic heterocycles. The quantitative estimate of drug-likeness (QED) is 0.676. The molecule has 0 aliphatic heterocycles. The van der Waals surface area contributed by atoms with Crippen LogP contribution in [0, 0.1) is 0 Å². The number of rotatable bonds is 6. The van der Waals surface area contributed by atoms with E-state index < -0.39 is 5.97 Å². The molecule has 0 unspecified atom stereocenters. The predicted molar refractivity (Wildman–Crippen MR) is 107 cm³/mol. The van der Waals surface area contributed by atoms with Crippen LogP contribution in [0.25, 0.3) is 11.0 Å². The normalized spacial score (nSPS) is 11.0. The molecule has 0 saturated carbocycles. The monoisotopic (exact) mass is 381 g/mol. The van der Waals surface area contributed by atoms with Gasteiger partial charge in [0.15, 0.2) is 11.4 Å². The van der Waals surface area contributed by atoms with Crippen molar-refractivity contribution in [1.29, 1.82) is 0 Å². The Morgan fingerprint density at radius 2 is 1.93 bits per heavy atom. The highest BCUT2D eigenvalue weighted by Gasteiger charge is 2.25. The lowest BCUT2D eigenvalue weighted by Gasteiger charge is -2.12. The second kappa shape index (κ2) is 7.72. The van der Waals surface area contributed by atoms with Crippen molar-refractivity contribution in [1.82, 2.24) is 9.55 Å². The summed E-state index contributed by atoms with van der Waals surface area (Å²) >= 11 is 0. The van der Waals surface area contributed by atoms with E-state index in [9.17, 15) is 14.7 Å². The van der Waals surface area contributed by atoms with Gasteiger partial charge in [-0.3, -0.25) is 4.79 Å². The number of anilines is 1. The first-order valence-corrected chi connectivity index (χ1v) is 9.12. The molecular weight excluding hydrogens is 358 g/mol. The number of carbonyl (C=O) groups excluding carboxylic acids is 1. The van der Waals surface area contributed by atoms with Gasteiger partial charge in [0.1, 0.15) is 5.65 Å². The lowest BCUT2D eigenvalue weighted by atomic mass is 10.1. The number of benzene rings is 1. The Labute approximate surface area is 163 Å². The van der Waals surface area contributed by atoms with Crippen LogP contribution >= 0.6 is 0 Å². The Morgan fingerprint density at radius 3 is 2.50 bits per heavy atom. The standard InChI is InChI=1S/C21H23N3O4/c1-5-15-16(23-20(25)13-9-7-6-8-10-13)11-14-18(28-12(2)3)17(21(26)27)24(4)19(14)22-15/h6-12H,5H2,1-4H3,(H,23,25)(H,26,27). The van der Waals surface area contributed by atoms with Gasteiger partial charge in [0.2, 0.25) is 0 Å². The van der Waals surface area contributed by atoms with Gasteiger partial charge < -0.3 is 19.7 Å². The molecule has 7 nitrogen and oxygen atoms in total. The third-order valence-corrected chi connectivity index (χ3v) is 4.37. The van der Waals surface area contributed by atoms with Crippen LogP contribution in [0.15, 0.2) is 36.4 Å². The zero-order valence-corrected chi connectivity index (χ0v) is 16.3. The predicted octanol–water partition coefficient (Wildman–Crippen LogP) is 3.87. The van der Waals surface area contributed by atoms with Gasteiger partial charge in [-0.05, 0) is 38.5 Å². The summed E-state index contributed by atoms with van der Waals surface area (Å²) < 4.78 is 7.32. The number of nitrogens with one attached hydrogen (secondary N) is 1. The van der Waals surface area contributed by atoms with Gasteiger partial charge >= 0.3 is 5.97 Å². The van der Waals surface area contributed by atoms with Gasteiger partial charge in [-0.25, -0.2) is 9.78 Å². The summed E-state index contributed by atoms with van der Waals surface area (Å²) in [5.74, 6) is -1.09.